The van der Waals surface area contributed by atoms with Crippen LogP contribution in [0.4, 0.5) is 5.69 Å². The largest absolute Gasteiger partial charge is 0.394 e. The zero-order valence-corrected chi connectivity index (χ0v) is 9.00. The van der Waals surface area contributed by atoms with Crippen molar-refractivity contribution in [1.29, 1.82) is 0 Å². The van der Waals surface area contributed by atoms with Gasteiger partial charge in [-0.2, -0.15) is 0 Å². The molecular weight excluding hydrogens is 206 g/mol. The van der Waals surface area contributed by atoms with Crippen LogP contribution < -0.4 is 4.90 Å². The van der Waals surface area contributed by atoms with Crippen LogP contribution in [0.1, 0.15) is 10.4 Å². The van der Waals surface area contributed by atoms with Crippen molar-refractivity contribution in [2.75, 3.05) is 31.3 Å². The lowest BCUT2D eigenvalue weighted by Crippen LogP contribution is -2.47. The van der Waals surface area contributed by atoms with Gasteiger partial charge in [-0.15, -0.1) is 0 Å². The Morgan fingerprint density at radius 1 is 1.44 bits per heavy atom. The topological polar surface area (TPSA) is 49.8 Å². The molecule has 0 spiro atoms. The molecular formula is C12H15NO3. The van der Waals surface area contributed by atoms with Crippen molar-refractivity contribution in [3.05, 3.63) is 29.8 Å². The Balaban J connectivity index is 2.17. The van der Waals surface area contributed by atoms with Crippen molar-refractivity contribution in [3.8, 4) is 0 Å². The fraction of sp³-hybridized carbons (Fsp3) is 0.417. The van der Waals surface area contributed by atoms with Gasteiger partial charge in [0.25, 0.3) is 0 Å². The number of rotatable bonds is 3. The van der Waals surface area contributed by atoms with E-state index in [9.17, 15) is 9.90 Å². The molecule has 4 nitrogen and oxygen atoms in total. The number of carbonyl (C=O) groups excluding carboxylic acids is 1. The van der Waals surface area contributed by atoms with E-state index in [1.807, 2.05) is 12.1 Å². The second kappa shape index (κ2) is 5.09. The number of nitrogens with zero attached hydrogens (tertiary/aromatic N) is 1. The van der Waals surface area contributed by atoms with Crippen LogP contribution in [0.5, 0.6) is 0 Å². The SMILES string of the molecule is O=Cc1ccc(N2CCOCC2CO)cc1. The standard InChI is InChI=1S/C12H15NO3/c14-7-10-1-3-11(4-2-10)13-5-6-16-9-12(13)8-15/h1-4,7,12,15H,5-6,8-9H2. The van der Waals surface area contributed by atoms with Crippen LogP contribution in [0.3, 0.4) is 0 Å². The predicted molar refractivity (Wildman–Crippen MR) is 60.9 cm³/mol. The zero-order chi connectivity index (χ0) is 11.4. The van der Waals surface area contributed by atoms with Gasteiger partial charge in [0.2, 0.25) is 0 Å². The summed E-state index contributed by atoms with van der Waals surface area (Å²) in [6, 6.07) is 7.38. The third-order valence-corrected chi connectivity index (χ3v) is 2.80. The highest BCUT2D eigenvalue weighted by Gasteiger charge is 2.22. The minimum absolute atomic E-state index is 0.0100. The number of benzene rings is 1. The van der Waals surface area contributed by atoms with Gasteiger partial charge in [-0.05, 0) is 24.3 Å². The van der Waals surface area contributed by atoms with Crippen molar-refractivity contribution in [3.63, 3.8) is 0 Å². The summed E-state index contributed by atoms with van der Waals surface area (Å²) < 4.78 is 5.31. The van der Waals surface area contributed by atoms with E-state index in [0.717, 1.165) is 18.5 Å². The molecule has 1 saturated heterocycles. The molecule has 1 fully saturated rings. The number of aliphatic hydroxyl groups is 1. The molecule has 1 heterocycles. The average molecular weight is 221 g/mol. The first kappa shape index (κ1) is 11.1. The highest BCUT2D eigenvalue weighted by molar-refractivity contribution is 5.75. The number of morpholine rings is 1. The van der Waals surface area contributed by atoms with Gasteiger partial charge in [-0.1, -0.05) is 0 Å². The van der Waals surface area contributed by atoms with E-state index in [2.05, 4.69) is 4.90 Å². The molecule has 0 radical (unpaired) electrons. The summed E-state index contributed by atoms with van der Waals surface area (Å²) >= 11 is 0. The third kappa shape index (κ3) is 2.23. The van der Waals surface area contributed by atoms with Gasteiger partial charge in [0.15, 0.2) is 0 Å². The molecule has 1 aliphatic heterocycles. The van der Waals surface area contributed by atoms with Crippen LogP contribution >= 0.6 is 0 Å². The molecule has 0 amide bonds. The Morgan fingerprint density at radius 3 is 2.81 bits per heavy atom. The summed E-state index contributed by atoms with van der Waals surface area (Å²) in [7, 11) is 0. The lowest BCUT2D eigenvalue weighted by Gasteiger charge is -2.36. The zero-order valence-electron chi connectivity index (χ0n) is 9.00. The maximum Gasteiger partial charge on any atom is 0.150 e. The summed E-state index contributed by atoms with van der Waals surface area (Å²) in [4.78, 5) is 12.7. The molecule has 86 valence electrons. The molecule has 1 unspecified atom stereocenters. The lowest BCUT2D eigenvalue weighted by atomic mass is 10.1. The second-order valence-corrected chi connectivity index (χ2v) is 3.81. The van der Waals surface area contributed by atoms with Crippen LogP contribution in [0.2, 0.25) is 0 Å². The smallest absolute Gasteiger partial charge is 0.150 e. The first-order valence-electron chi connectivity index (χ1n) is 5.35. The van der Waals surface area contributed by atoms with Crippen molar-refractivity contribution in [2.24, 2.45) is 0 Å². The molecule has 1 aliphatic rings. The van der Waals surface area contributed by atoms with Gasteiger partial charge in [0, 0.05) is 17.8 Å². The van der Waals surface area contributed by atoms with Gasteiger partial charge in [0.1, 0.15) is 6.29 Å². The molecule has 0 saturated carbocycles. The van der Waals surface area contributed by atoms with E-state index < -0.39 is 0 Å². The van der Waals surface area contributed by atoms with E-state index in [4.69, 9.17) is 4.74 Å². The molecule has 0 bridgehead atoms. The van der Waals surface area contributed by atoms with E-state index >= 15 is 0 Å². The Hall–Kier alpha value is -1.39. The quantitative estimate of drug-likeness (QED) is 0.763. The number of aliphatic hydroxyl groups excluding tert-OH is 1. The maximum absolute atomic E-state index is 10.5. The Kier molecular flexibility index (Phi) is 3.54. The summed E-state index contributed by atoms with van der Waals surface area (Å²) in [5.41, 5.74) is 1.69. The molecule has 16 heavy (non-hydrogen) atoms. The number of carbonyl (C=O) groups is 1. The van der Waals surface area contributed by atoms with Gasteiger partial charge in [-0.25, -0.2) is 0 Å². The molecule has 1 atom stereocenters. The highest BCUT2D eigenvalue weighted by Crippen LogP contribution is 2.19. The summed E-state index contributed by atoms with van der Waals surface area (Å²) in [6.45, 7) is 2.07. The maximum atomic E-state index is 10.5. The lowest BCUT2D eigenvalue weighted by molar-refractivity contribution is 0.0727. The van der Waals surface area contributed by atoms with Crippen LogP contribution in [0, 0.1) is 0 Å². The predicted octanol–water partition coefficient (Wildman–Crippen LogP) is 0.697. The highest BCUT2D eigenvalue weighted by atomic mass is 16.5. The van der Waals surface area contributed by atoms with Gasteiger partial charge in [-0.3, -0.25) is 4.79 Å². The van der Waals surface area contributed by atoms with E-state index in [1.54, 1.807) is 12.1 Å². The summed E-state index contributed by atoms with van der Waals surface area (Å²) in [5, 5.41) is 9.25. The van der Waals surface area contributed by atoms with Crippen LogP contribution in [-0.2, 0) is 4.74 Å². The molecule has 1 N–H and O–H groups in total. The van der Waals surface area contributed by atoms with Crippen molar-refractivity contribution in [2.45, 2.75) is 6.04 Å². The van der Waals surface area contributed by atoms with Gasteiger partial charge < -0.3 is 14.7 Å². The van der Waals surface area contributed by atoms with E-state index in [0.29, 0.717) is 18.8 Å². The number of aldehydes is 1. The van der Waals surface area contributed by atoms with Crippen LogP contribution in [-0.4, -0.2) is 43.8 Å². The number of ether oxygens (including phenoxy) is 1. The first-order valence-corrected chi connectivity index (χ1v) is 5.35. The van der Waals surface area contributed by atoms with E-state index in [-0.39, 0.29) is 12.6 Å². The molecule has 0 aliphatic carbocycles. The molecule has 4 heteroatoms. The molecule has 2 rings (SSSR count). The Bertz CT molecular complexity index is 350. The molecule has 0 aromatic heterocycles. The Labute approximate surface area is 94.4 Å². The minimum Gasteiger partial charge on any atom is -0.394 e. The van der Waals surface area contributed by atoms with Gasteiger partial charge >= 0.3 is 0 Å². The monoisotopic (exact) mass is 221 g/mol. The third-order valence-electron chi connectivity index (χ3n) is 2.80. The van der Waals surface area contributed by atoms with Crippen molar-refractivity contribution in [1.82, 2.24) is 0 Å². The fourth-order valence-electron chi connectivity index (χ4n) is 1.89. The number of anilines is 1. The normalized spacial score (nSPS) is 20.8. The molecule has 1 aromatic carbocycles. The summed E-state index contributed by atoms with van der Waals surface area (Å²) in [5.74, 6) is 0. The van der Waals surface area contributed by atoms with Crippen molar-refractivity contribution < 1.29 is 14.6 Å². The van der Waals surface area contributed by atoms with Crippen molar-refractivity contribution >= 4 is 12.0 Å². The van der Waals surface area contributed by atoms with Crippen LogP contribution in [0.15, 0.2) is 24.3 Å². The summed E-state index contributed by atoms with van der Waals surface area (Å²) in [6.07, 6.45) is 0.826. The Morgan fingerprint density at radius 2 is 2.19 bits per heavy atom. The second-order valence-electron chi connectivity index (χ2n) is 3.81. The van der Waals surface area contributed by atoms with Crippen LogP contribution in [0.25, 0.3) is 0 Å². The minimum atomic E-state index is 0.0100. The first-order chi connectivity index (χ1) is 7.85. The fourth-order valence-corrected chi connectivity index (χ4v) is 1.89. The molecule has 1 aromatic rings. The average Bonchev–Trinajstić information content (AvgIpc) is 2.39. The number of hydrogen-bond acceptors (Lipinski definition) is 4. The van der Waals surface area contributed by atoms with E-state index in [1.165, 1.54) is 0 Å². The van der Waals surface area contributed by atoms with Gasteiger partial charge in [0.05, 0.1) is 25.9 Å². The number of hydrogen-bond donors (Lipinski definition) is 1.